The number of thiophene rings is 1. The predicted octanol–water partition coefficient (Wildman–Crippen LogP) is 3.60. The molecule has 0 N–H and O–H groups in total. The number of carbonyl (C=O) groups is 1. The molecule has 0 saturated heterocycles. The summed E-state index contributed by atoms with van der Waals surface area (Å²) in [7, 11) is 1.72. The lowest BCUT2D eigenvalue weighted by molar-refractivity contribution is 0.0785. The van der Waals surface area contributed by atoms with Gasteiger partial charge in [-0.05, 0) is 24.4 Å². The lowest BCUT2D eigenvalue weighted by Crippen LogP contribution is -2.26. The summed E-state index contributed by atoms with van der Waals surface area (Å²) in [6.07, 6.45) is 5.02. The van der Waals surface area contributed by atoms with Gasteiger partial charge in [-0.15, -0.1) is 11.3 Å². The van der Waals surface area contributed by atoms with Crippen molar-refractivity contribution in [2.75, 3.05) is 7.05 Å². The highest BCUT2D eigenvalue weighted by Gasteiger charge is 2.21. The molecule has 7 nitrogen and oxygen atoms in total. The van der Waals surface area contributed by atoms with E-state index in [1.165, 1.54) is 0 Å². The molecule has 4 heterocycles. The van der Waals surface area contributed by atoms with Crippen LogP contribution in [0.1, 0.15) is 23.0 Å². The van der Waals surface area contributed by atoms with Gasteiger partial charge >= 0.3 is 0 Å². The second-order valence-electron chi connectivity index (χ2n) is 6.04. The first kappa shape index (κ1) is 17.7. The molecule has 0 atom stereocenters. The number of aryl methyl sites for hydroxylation is 1. The summed E-state index contributed by atoms with van der Waals surface area (Å²) in [5.74, 6) is -0.178. The first-order valence-electron chi connectivity index (χ1n) is 8.42. The van der Waals surface area contributed by atoms with E-state index < -0.39 is 0 Å². The number of fused-ring (bicyclic) bond motifs is 1. The summed E-state index contributed by atoms with van der Waals surface area (Å²) in [5, 5.41) is 11.3. The van der Waals surface area contributed by atoms with Gasteiger partial charge in [0.1, 0.15) is 11.3 Å². The van der Waals surface area contributed by atoms with Gasteiger partial charge in [-0.1, -0.05) is 17.7 Å². The largest absolute Gasteiger partial charge is 0.336 e. The maximum Gasteiger partial charge on any atom is 0.259 e. The normalized spacial score (nSPS) is 11.2. The van der Waals surface area contributed by atoms with Gasteiger partial charge in [0.2, 0.25) is 0 Å². The van der Waals surface area contributed by atoms with Crippen LogP contribution in [-0.4, -0.2) is 42.2 Å². The smallest absolute Gasteiger partial charge is 0.259 e. The predicted molar refractivity (Wildman–Crippen MR) is 105 cm³/mol. The van der Waals surface area contributed by atoms with Crippen LogP contribution in [0, 0.1) is 0 Å². The van der Waals surface area contributed by atoms with Crippen LogP contribution in [0.2, 0.25) is 5.02 Å². The van der Waals surface area contributed by atoms with Gasteiger partial charge in [-0.2, -0.15) is 10.2 Å². The minimum Gasteiger partial charge on any atom is -0.336 e. The Hall–Kier alpha value is -2.71. The topological polar surface area (TPSA) is 68.3 Å². The van der Waals surface area contributed by atoms with E-state index >= 15 is 0 Å². The molecule has 9 heteroatoms. The molecule has 0 radical (unpaired) electrons. The van der Waals surface area contributed by atoms with Crippen molar-refractivity contribution in [3.05, 3.63) is 58.4 Å². The van der Waals surface area contributed by atoms with Crippen molar-refractivity contribution in [2.45, 2.75) is 20.0 Å². The SMILES string of the molecule is CCn1cc(Cl)c(CN(C)C(=O)c2cnn3c(-c4cccs4)ccnc23)n1. The molecular formula is C18H17ClN6OS. The molecule has 4 aromatic heterocycles. The van der Waals surface area contributed by atoms with Crippen molar-refractivity contribution in [2.24, 2.45) is 0 Å². The van der Waals surface area contributed by atoms with Crippen molar-refractivity contribution in [1.29, 1.82) is 0 Å². The third-order valence-electron chi connectivity index (χ3n) is 4.25. The van der Waals surface area contributed by atoms with Crippen molar-refractivity contribution < 1.29 is 4.79 Å². The molecule has 0 aromatic carbocycles. The van der Waals surface area contributed by atoms with E-state index in [1.54, 1.807) is 51.1 Å². The summed E-state index contributed by atoms with van der Waals surface area (Å²) in [5.41, 5.74) is 2.55. The summed E-state index contributed by atoms with van der Waals surface area (Å²) in [6, 6.07) is 5.89. The minimum atomic E-state index is -0.178. The molecule has 0 spiro atoms. The molecule has 0 aliphatic rings. The van der Waals surface area contributed by atoms with Gasteiger partial charge in [0.05, 0.1) is 28.3 Å². The van der Waals surface area contributed by atoms with Crippen LogP contribution in [0.5, 0.6) is 0 Å². The standard InChI is InChI=1S/C18H17ClN6OS/c1-3-24-10-13(19)14(22-24)11-23(2)18(26)12-9-21-25-15(6-7-20-17(12)25)16-5-4-8-27-16/h4-10H,3,11H2,1-2H3. The second-order valence-corrected chi connectivity index (χ2v) is 7.40. The average Bonchev–Trinajstić information content (AvgIpc) is 3.41. The highest BCUT2D eigenvalue weighted by Crippen LogP contribution is 2.25. The molecular weight excluding hydrogens is 384 g/mol. The maximum absolute atomic E-state index is 13.0. The molecule has 0 unspecified atom stereocenters. The molecule has 4 aromatic rings. The van der Waals surface area contributed by atoms with Gasteiger partial charge in [-0.3, -0.25) is 9.48 Å². The quantitative estimate of drug-likeness (QED) is 0.513. The Labute approximate surface area is 164 Å². The molecule has 0 saturated carbocycles. The van der Waals surface area contributed by atoms with E-state index in [0.29, 0.717) is 28.5 Å². The van der Waals surface area contributed by atoms with E-state index in [4.69, 9.17) is 11.6 Å². The van der Waals surface area contributed by atoms with E-state index in [0.717, 1.165) is 17.1 Å². The second kappa shape index (κ2) is 7.13. The Morgan fingerprint density at radius 3 is 2.93 bits per heavy atom. The number of nitrogens with zero attached hydrogens (tertiary/aromatic N) is 6. The Morgan fingerprint density at radius 1 is 1.37 bits per heavy atom. The third-order valence-corrected chi connectivity index (χ3v) is 5.46. The molecule has 0 bridgehead atoms. The Balaban J connectivity index is 1.64. The van der Waals surface area contributed by atoms with Crippen molar-refractivity contribution >= 4 is 34.5 Å². The number of aromatic nitrogens is 5. The van der Waals surface area contributed by atoms with Crippen LogP contribution in [0.25, 0.3) is 16.2 Å². The van der Waals surface area contributed by atoms with Crippen LogP contribution in [-0.2, 0) is 13.1 Å². The highest BCUT2D eigenvalue weighted by molar-refractivity contribution is 7.13. The minimum absolute atomic E-state index is 0.178. The fourth-order valence-corrected chi connectivity index (χ4v) is 3.81. The van der Waals surface area contributed by atoms with E-state index in [-0.39, 0.29) is 5.91 Å². The van der Waals surface area contributed by atoms with Crippen molar-refractivity contribution in [3.8, 4) is 10.6 Å². The number of rotatable bonds is 5. The third kappa shape index (κ3) is 3.22. The Kier molecular flexibility index (Phi) is 4.67. The van der Waals surface area contributed by atoms with Crippen molar-refractivity contribution in [3.63, 3.8) is 0 Å². The first-order valence-corrected chi connectivity index (χ1v) is 9.68. The van der Waals surface area contributed by atoms with Crippen LogP contribution in [0.15, 0.2) is 42.2 Å². The molecule has 0 fully saturated rings. The number of halogens is 1. The van der Waals surface area contributed by atoms with E-state index in [9.17, 15) is 4.79 Å². The summed E-state index contributed by atoms with van der Waals surface area (Å²) in [4.78, 5) is 20.0. The molecule has 27 heavy (non-hydrogen) atoms. The number of hydrogen-bond donors (Lipinski definition) is 0. The fourth-order valence-electron chi connectivity index (χ4n) is 2.86. The highest BCUT2D eigenvalue weighted by atomic mass is 35.5. The molecule has 0 aliphatic carbocycles. The Bertz CT molecular complexity index is 1100. The average molecular weight is 401 g/mol. The van der Waals surface area contributed by atoms with E-state index in [1.807, 2.05) is 30.5 Å². The van der Waals surface area contributed by atoms with Gasteiger partial charge in [0.25, 0.3) is 5.91 Å². The van der Waals surface area contributed by atoms with Gasteiger partial charge in [-0.25, -0.2) is 9.50 Å². The van der Waals surface area contributed by atoms with Crippen LogP contribution < -0.4 is 0 Å². The summed E-state index contributed by atoms with van der Waals surface area (Å²) >= 11 is 7.83. The molecule has 0 aliphatic heterocycles. The van der Waals surface area contributed by atoms with Gasteiger partial charge in [0, 0.05) is 26.0 Å². The van der Waals surface area contributed by atoms with Gasteiger partial charge < -0.3 is 4.90 Å². The summed E-state index contributed by atoms with van der Waals surface area (Å²) < 4.78 is 3.45. The number of amides is 1. The fraction of sp³-hybridized carbons (Fsp3) is 0.222. The lowest BCUT2D eigenvalue weighted by atomic mass is 10.2. The first-order chi connectivity index (χ1) is 13.1. The molecule has 4 rings (SSSR count). The zero-order valence-corrected chi connectivity index (χ0v) is 16.4. The zero-order valence-electron chi connectivity index (χ0n) is 14.8. The zero-order chi connectivity index (χ0) is 19.0. The monoisotopic (exact) mass is 400 g/mol. The van der Waals surface area contributed by atoms with Crippen LogP contribution in [0.4, 0.5) is 0 Å². The van der Waals surface area contributed by atoms with Crippen LogP contribution >= 0.6 is 22.9 Å². The van der Waals surface area contributed by atoms with Crippen molar-refractivity contribution in [1.82, 2.24) is 29.3 Å². The maximum atomic E-state index is 13.0. The number of hydrogen-bond acceptors (Lipinski definition) is 5. The van der Waals surface area contributed by atoms with E-state index in [2.05, 4.69) is 15.2 Å². The lowest BCUT2D eigenvalue weighted by Gasteiger charge is -2.15. The van der Waals surface area contributed by atoms with Gasteiger partial charge in [0.15, 0.2) is 5.65 Å². The summed E-state index contributed by atoms with van der Waals surface area (Å²) in [6.45, 7) is 3.02. The molecule has 138 valence electrons. The number of carbonyl (C=O) groups excluding carboxylic acids is 1. The molecule has 1 amide bonds. The Morgan fingerprint density at radius 2 is 2.22 bits per heavy atom. The van der Waals surface area contributed by atoms with Crippen LogP contribution in [0.3, 0.4) is 0 Å².